The molecule has 0 saturated heterocycles. The summed E-state index contributed by atoms with van der Waals surface area (Å²) < 4.78 is 11.2. The van der Waals surface area contributed by atoms with E-state index in [0.29, 0.717) is 26.1 Å². The Morgan fingerprint density at radius 3 is 2.25 bits per heavy atom. The van der Waals surface area contributed by atoms with Gasteiger partial charge in [-0.1, -0.05) is 51.1 Å². The molecule has 0 radical (unpaired) electrons. The fourth-order valence-corrected chi connectivity index (χ4v) is 3.45. The van der Waals surface area contributed by atoms with Crippen LogP contribution in [0.2, 0.25) is 0 Å². The van der Waals surface area contributed by atoms with Gasteiger partial charge in [0.05, 0.1) is 24.7 Å². The molecule has 1 aromatic carbocycles. The average Bonchev–Trinajstić information content (AvgIpc) is 2.67. The van der Waals surface area contributed by atoms with Crippen LogP contribution in [0, 0.1) is 11.3 Å². The number of aliphatic carboxylic acids is 1. The van der Waals surface area contributed by atoms with Gasteiger partial charge in [-0.2, -0.15) is 0 Å². The van der Waals surface area contributed by atoms with E-state index in [-0.39, 0.29) is 11.8 Å². The van der Waals surface area contributed by atoms with Gasteiger partial charge in [0, 0.05) is 6.61 Å². The number of carbonyl (C=O) groups is 2. The maximum absolute atomic E-state index is 12.4. The molecule has 3 N–H and O–H groups in total. The van der Waals surface area contributed by atoms with Crippen molar-refractivity contribution in [1.29, 1.82) is 0 Å². The average molecular weight is 452 g/mol. The summed E-state index contributed by atoms with van der Waals surface area (Å²) in [6, 6.07) is 9.28. The summed E-state index contributed by atoms with van der Waals surface area (Å²) in [5, 5.41) is 23.0. The quantitative estimate of drug-likeness (QED) is 0.373. The lowest BCUT2D eigenvalue weighted by Crippen LogP contribution is -2.48. The van der Waals surface area contributed by atoms with E-state index in [0.717, 1.165) is 12.0 Å². The van der Waals surface area contributed by atoms with E-state index >= 15 is 0 Å². The topological polar surface area (TPSA) is 105 Å². The summed E-state index contributed by atoms with van der Waals surface area (Å²) in [5.74, 6) is -1.62. The lowest BCUT2D eigenvalue weighted by molar-refractivity contribution is -0.143. The smallest absolute Gasteiger partial charge is 0.407 e. The summed E-state index contributed by atoms with van der Waals surface area (Å²) >= 11 is 0. The normalized spacial score (nSPS) is 15.0. The lowest BCUT2D eigenvalue weighted by atomic mass is 9.80. The van der Waals surface area contributed by atoms with E-state index in [2.05, 4.69) is 5.32 Å². The fourth-order valence-electron chi connectivity index (χ4n) is 3.45. The van der Waals surface area contributed by atoms with Gasteiger partial charge in [-0.3, -0.25) is 4.79 Å². The number of carboxylic acid groups (broad SMARTS) is 1. The molecule has 0 heterocycles. The summed E-state index contributed by atoms with van der Waals surface area (Å²) in [6.07, 6.45) is 0.0109. The molecule has 1 amide bonds. The van der Waals surface area contributed by atoms with Crippen LogP contribution < -0.4 is 5.32 Å². The molecule has 0 aromatic heterocycles. The van der Waals surface area contributed by atoms with Crippen LogP contribution in [-0.4, -0.2) is 46.6 Å². The van der Waals surface area contributed by atoms with E-state index < -0.39 is 35.7 Å². The zero-order valence-electron chi connectivity index (χ0n) is 20.4. The number of carboxylic acids is 1. The summed E-state index contributed by atoms with van der Waals surface area (Å²) in [7, 11) is 0. The molecule has 0 spiro atoms. The Kier molecular flexibility index (Phi) is 11.2. The number of hydrogen-bond donors (Lipinski definition) is 3. The third-order valence-corrected chi connectivity index (χ3v) is 5.34. The second-order valence-corrected chi connectivity index (χ2v) is 10.2. The maximum atomic E-state index is 12.4. The van der Waals surface area contributed by atoms with Crippen LogP contribution in [0.1, 0.15) is 72.8 Å². The van der Waals surface area contributed by atoms with Crippen LogP contribution in [-0.2, 0) is 20.9 Å². The standard InChI is InChI=1S/C25H41NO6/c1-7-19(22(28)29)15-21(27)20(26-23(30)32-24(2,3)4)16-25(5,6)13-14-31-17-18-11-9-8-10-12-18/h8-12,19-21,27H,7,13-17H2,1-6H3,(H,26,30)(H,28,29)/t19-,20+,21+/m1/s1. The molecule has 0 fully saturated rings. The van der Waals surface area contributed by atoms with Gasteiger partial charge in [0.2, 0.25) is 0 Å². The molecule has 0 bridgehead atoms. The molecule has 3 atom stereocenters. The maximum Gasteiger partial charge on any atom is 0.407 e. The zero-order valence-corrected chi connectivity index (χ0v) is 20.4. The number of rotatable bonds is 13. The summed E-state index contributed by atoms with van der Waals surface area (Å²) in [6.45, 7) is 12.2. The van der Waals surface area contributed by atoms with Crippen molar-refractivity contribution < 1.29 is 29.3 Å². The first kappa shape index (κ1) is 27.9. The second-order valence-electron chi connectivity index (χ2n) is 10.2. The first-order valence-electron chi connectivity index (χ1n) is 11.3. The van der Waals surface area contributed by atoms with Gasteiger partial charge in [-0.05, 0) is 57.4 Å². The number of benzene rings is 1. The van der Waals surface area contributed by atoms with E-state index in [1.54, 1.807) is 27.7 Å². The molecule has 182 valence electrons. The van der Waals surface area contributed by atoms with Crippen molar-refractivity contribution in [1.82, 2.24) is 5.32 Å². The Morgan fingerprint density at radius 2 is 1.72 bits per heavy atom. The number of ether oxygens (including phenoxy) is 2. The highest BCUT2D eigenvalue weighted by atomic mass is 16.6. The molecule has 0 aliphatic rings. The molecule has 1 rings (SSSR count). The molecule has 32 heavy (non-hydrogen) atoms. The predicted molar refractivity (Wildman–Crippen MR) is 124 cm³/mol. The van der Waals surface area contributed by atoms with Crippen LogP contribution in [0.25, 0.3) is 0 Å². The number of carbonyl (C=O) groups excluding carboxylic acids is 1. The second kappa shape index (κ2) is 12.8. The molecule has 0 unspecified atom stereocenters. The minimum absolute atomic E-state index is 0.0624. The minimum atomic E-state index is -1.01. The molecule has 7 nitrogen and oxygen atoms in total. The van der Waals surface area contributed by atoms with Crippen LogP contribution >= 0.6 is 0 Å². The fraction of sp³-hybridized carbons (Fsp3) is 0.680. The number of nitrogens with one attached hydrogen (secondary N) is 1. The van der Waals surface area contributed by atoms with Gasteiger partial charge < -0.3 is 25.0 Å². The molecular weight excluding hydrogens is 410 g/mol. The van der Waals surface area contributed by atoms with E-state index in [1.165, 1.54) is 0 Å². The first-order valence-corrected chi connectivity index (χ1v) is 11.3. The van der Waals surface area contributed by atoms with Crippen molar-refractivity contribution in [3.8, 4) is 0 Å². The van der Waals surface area contributed by atoms with Gasteiger partial charge in [0.15, 0.2) is 0 Å². The van der Waals surface area contributed by atoms with Crippen LogP contribution in [0.5, 0.6) is 0 Å². The number of aliphatic hydroxyl groups excluding tert-OH is 1. The third kappa shape index (κ3) is 11.5. The van der Waals surface area contributed by atoms with Crippen molar-refractivity contribution in [2.24, 2.45) is 11.3 Å². The SMILES string of the molecule is CC[C@H](C[C@H](O)[C@H](CC(C)(C)CCOCc1ccccc1)NC(=O)OC(C)(C)C)C(=O)O. The Labute approximate surface area is 192 Å². The van der Waals surface area contributed by atoms with Gasteiger partial charge >= 0.3 is 12.1 Å². The van der Waals surface area contributed by atoms with E-state index in [1.807, 2.05) is 44.2 Å². The third-order valence-electron chi connectivity index (χ3n) is 5.34. The number of aliphatic hydroxyl groups is 1. The highest BCUT2D eigenvalue weighted by Crippen LogP contribution is 2.30. The van der Waals surface area contributed by atoms with Crippen LogP contribution in [0.3, 0.4) is 0 Å². The number of alkyl carbamates (subject to hydrolysis) is 1. The van der Waals surface area contributed by atoms with Gasteiger partial charge in [-0.15, -0.1) is 0 Å². The lowest BCUT2D eigenvalue weighted by Gasteiger charge is -2.34. The Bertz CT molecular complexity index is 698. The molecule has 0 aliphatic heterocycles. The first-order chi connectivity index (χ1) is 14.8. The largest absolute Gasteiger partial charge is 0.481 e. The number of amides is 1. The molecule has 0 aliphatic carbocycles. The van der Waals surface area contributed by atoms with Crippen molar-refractivity contribution in [2.45, 2.75) is 91.6 Å². The molecular formula is C25H41NO6. The van der Waals surface area contributed by atoms with E-state index in [4.69, 9.17) is 9.47 Å². The van der Waals surface area contributed by atoms with Crippen molar-refractivity contribution in [3.05, 3.63) is 35.9 Å². The Morgan fingerprint density at radius 1 is 1.09 bits per heavy atom. The van der Waals surface area contributed by atoms with Gasteiger partial charge in [0.1, 0.15) is 5.60 Å². The summed E-state index contributed by atoms with van der Waals surface area (Å²) in [4.78, 5) is 23.8. The van der Waals surface area contributed by atoms with Crippen LogP contribution in [0.4, 0.5) is 4.79 Å². The van der Waals surface area contributed by atoms with Gasteiger partial charge in [0.25, 0.3) is 0 Å². The van der Waals surface area contributed by atoms with Crippen molar-refractivity contribution >= 4 is 12.1 Å². The Hall–Kier alpha value is -2.12. The Balaban J connectivity index is 2.75. The highest BCUT2D eigenvalue weighted by molar-refractivity contribution is 5.70. The van der Waals surface area contributed by atoms with Crippen molar-refractivity contribution in [2.75, 3.05) is 6.61 Å². The zero-order chi connectivity index (χ0) is 24.4. The molecule has 7 heteroatoms. The van der Waals surface area contributed by atoms with Crippen LogP contribution in [0.15, 0.2) is 30.3 Å². The monoisotopic (exact) mass is 451 g/mol. The predicted octanol–water partition coefficient (Wildman–Crippen LogP) is 4.76. The summed E-state index contributed by atoms with van der Waals surface area (Å²) in [5.41, 5.74) is 0.167. The minimum Gasteiger partial charge on any atom is -0.481 e. The van der Waals surface area contributed by atoms with Gasteiger partial charge in [-0.25, -0.2) is 4.79 Å². The molecule has 1 aromatic rings. The molecule has 0 saturated carbocycles. The highest BCUT2D eigenvalue weighted by Gasteiger charge is 2.33. The van der Waals surface area contributed by atoms with E-state index in [9.17, 15) is 19.8 Å². The van der Waals surface area contributed by atoms with Crippen molar-refractivity contribution in [3.63, 3.8) is 0 Å². The number of hydrogen-bond acceptors (Lipinski definition) is 5.